The number of esters is 1. The maximum Gasteiger partial charge on any atom is 0.306 e. The third-order valence-corrected chi connectivity index (χ3v) is 5.47. The average Bonchev–Trinajstić information content (AvgIpc) is 3.37. The number of hydrogen-bond acceptors (Lipinski definition) is 5. The molecule has 0 bridgehead atoms. The zero-order chi connectivity index (χ0) is 21.1. The SMILES string of the molecule is Cc1c(COC(=O)CCC(=O)c2ccc3c(c2)CCC3)noc1-c1ccc(F)cc1. The van der Waals surface area contributed by atoms with Crippen LogP contribution in [0.25, 0.3) is 11.3 Å². The largest absolute Gasteiger partial charge is 0.459 e. The highest BCUT2D eigenvalue weighted by molar-refractivity contribution is 5.97. The number of ketones is 1. The molecule has 0 radical (unpaired) electrons. The number of carbonyl (C=O) groups excluding carboxylic acids is 2. The van der Waals surface area contributed by atoms with Gasteiger partial charge in [-0.1, -0.05) is 17.3 Å². The first-order chi connectivity index (χ1) is 14.5. The Hall–Kier alpha value is -3.28. The predicted octanol–water partition coefficient (Wildman–Crippen LogP) is 4.98. The van der Waals surface area contributed by atoms with Gasteiger partial charge in [0.25, 0.3) is 0 Å². The first kappa shape index (κ1) is 20.0. The summed E-state index contributed by atoms with van der Waals surface area (Å²) in [5, 5.41) is 3.95. The van der Waals surface area contributed by atoms with Crippen LogP contribution in [0.15, 0.2) is 47.0 Å². The zero-order valence-electron chi connectivity index (χ0n) is 16.7. The molecule has 1 aromatic heterocycles. The van der Waals surface area contributed by atoms with Crippen LogP contribution in [-0.4, -0.2) is 16.9 Å². The van der Waals surface area contributed by atoms with Gasteiger partial charge in [-0.3, -0.25) is 9.59 Å². The molecule has 0 unspecified atom stereocenters. The lowest BCUT2D eigenvalue weighted by Crippen LogP contribution is -2.09. The van der Waals surface area contributed by atoms with E-state index in [0.29, 0.717) is 22.6 Å². The van der Waals surface area contributed by atoms with Gasteiger partial charge in [0, 0.05) is 23.1 Å². The number of benzene rings is 2. The lowest BCUT2D eigenvalue weighted by Gasteiger charge is -2.05. The number of aryl methyl sites for hydroxylation is 2. The van der Waals surface area contributed by atoms with Crippen molar-refractivity contribution in [2.24, 2.45) is 0 Å². The molecule has 6 heteroatoms. The normalized spacial score (nSPS) is 12.6. The Labute approximate surface area is 173 Å². The lowest BCUT2D eigenvalue weighted by molar-refractivity contribution is -0.145. The minimum atomic E-state index is -0.463. The molecule has 154 valence electrons. The van der Waals surface area contributed by atoms with E-state index in [1.807, 2.05) is 18.2 Å². The van der Waals surface area contributed by atoms with Crippen molar-refractivity contribution in [1.29, 1.82) is 0 Å². The second-order valence-electron chi connectivity index (χ2n) is 7.51. The topological polar surface area (TPSA) is 69.4 Å². The smallest absolute Gasteiger partial charge is 0.306 e. The van der Waals surface area contributed by atoms with Gasteiger partial charge in [0.2, 0.25) is 0 Å². The van der Waals surface area contributed by atoms with Crippen molar-refractivity contribution in [2.45, 2.75) is 45.6 Å². The van der Waals surface area contributed by atoms with Gasteiger partial charge in [-0.05, 0) is 67.6 Å². The molecule has 4 rings (SSSR count). The molecule has 3 aromatic rings. The second-order valence-corrected chi connectivity index (χ2v) is 7.51. The van der Waals surface area contributed by atoms with E-state index in [-0.39, 0.29) is 31.0 Å². The Balaban J connectivity index is 1.30. The third kappa shape index (κ3) is 4.32. The van der Waals surface area contributed by atoms with Crippen molar-refractivity contribution in [1.82, 2.24) is 5.16 Å². The van der Waals surface area contributed by atoms with E-state index in [1.54, 1.807) is 19.1 Å². The van der Waals surface area contributed by atoms with Crippen molar-refractivity contribution >= 4 is 11.8 Å². The van der Waals surface area contributed by atoms with Crippen molar-refractivity contribution in [3.8, 4) is 11.3 Å². The predicted molar refractivity (Wildman–Crippen MR) is 108 cm³/mol. The van der Waals surface area contributed by atoms with Crippen molar-refractivity contribution in [2.75, 3.05) is 0 Å². The fraction of sp³-hybridized carbons (Fsp3) is 0.292. The number of hydrogen-bond donors (Lipinski definition) is 0. The standard InChI is InChI=1S/C24H22FNO4/c1-15-21(26-30-24(15)17-7-9-20(25)10-8-17)14-29-23(28)12-11-22(27)19-6-5-16-3-2-4-18(16)13-19/h5-10,13H,2-4,11-12,14H2,1H3. The maximum atomic E-state index is 13.1. The Morgan fingerprint density at radius 3 is 2.63 bits per heavy atom. The van der Waals surface area contributed by atoms with Gasteiger partial charge in [-0.25, -0.2) is 4.39 Å². The molecule has 0 atom stereocenters. The lowest BCUT2D eigenvalue weighted by atomic mass is 10.0. The second kappa shape index (κ2) is 8.61. The quantitative estimate of drug-likeness (QED) is 0.408. The molecule has 5 nitrogen and oxygen atoms in total. The van der Waals surface area contributed by atoms with Gasteiger partial charge in [-0.2, -0.15) is 0 Å². The summed E-state index contributed by atoms with van der Waals surface area (Å²) in [5.74, 6) is -0.347. The highest BCUT2D eigenvalue weighted by Gasteiger charge is 2.17. The van der Waals surface area contributed by atoms with E-state index in [9.17, 15) is 14.0 Å². The van der Waals surface area contributed by atoms with E-state index in [4.69, 9.17) is 9.26 Å². The van der Waals surface area contributed by atoms with Gasteiger partial charge in [0.05, 0.1) is 6.42 Å². The monoisotopic (exact) mass is 407 g/mol. The number of halogens is 1. The van der Waals surface area contributed by atoms with Gasteiger partial charge in [0.1, 0.15) is 18.1 Å². The highest BCUT2D eigenvalue weighted by atomic mass is 19.1. The summed E-state index contributed by atoms with van der Waals surface area (Å²) < 4.78 is 23.7. The maximum absolute atomic E-state index is 13.1. The summed E-state index contributed by atoms with van der Waals surface area (Å²) in [5.41, 5.74) is 5.12. The van der Waals surface area contributed by atoms with Crippen LogP contribution in [0.4, 0.5) is 4.39 Å². The molecule has 0 aliphatic heterocycles. The average molecular weight is 407 g/mol. The number of ether oxygens (including phenoxy) is 1. The minimum absolute atomic E-state index is 0.0115. The number of aromatic nitrogens is 1. The molecule has 30 heavy (non-hydrogen) atoms. The van der Waals surface area contributed by atoms with Crippen molar-refractivity contribution in [3.63, 3.8) is 0 Å². The van der Waals surface area contributed by atoms with Crippen molar-refractivity contribution in [3.05, 3.63) is 76.2 Å². The van der Waals surface area contributed by atoms with E-state index < -0.39 is 5.97 Å². The van der Waals surface area contributed by atoms with Gasteiger partial charge in [0.15, 0.2) is 11.5 Å². The summed E-state index contributed by atoms with van der Waals surface area (Å²) >= 11 is 0. The van der Waals surface area contributed by atoms with Crippen LogP contribution in [0.1, 0.15) is 52.0 Å². The summed E-state index contributed by atoms with van der Waals surface area (Å²) in [6.45, 7) is 1.76. The zero-order valence-corrected chi connectivity index (χ0v) is 16.7. The first-order valence-electron chi connectivity index (χ1n) is 10.0. The summed E-state index contributed by atoms with van der Waals surface area (Å²) in [4.78, 5) is 24.5. The summed E-state index contributed by atoms with van der Waals surface area (Å²) in [6.07, 6.45) is 3.33. The van der Waals surface area contributed by atoms with Gasteiger partial charge >= 0.3 is 5.97 Å². The number of rotatable bonds is 7. The van der Waals surface area contributed by atoms with Crippen LogP contribution in [0, 0.1) is 12.7 Å². The molecule has 1 heterocycles. The highest BCUT2D eigenvalue weighted by Crippen LogP contribution is 2.26. The molecule has 2 aromatic carbocycles. The van der Waals surface area contributed by atoms with Crippen LogP contribution in [0.5, 0.6) is 0 Å². The number of fused-ring (bicyclic) bond motifs is 1. The molecule has 0 amide bonds. The Bertz CT molecular complexity index is 1090. The first-order valence-corrected chi connectivity index (χ1v) is 10.0. The number of Topliss-reactive ketones (excluding diaryl/α,β-unsaturated/α-hetero) is 1. The van der Waals surface area contributed by atoms with E-state index in [0.717, 1.165) is 24.8 Å². The molecule has 1 aliphatic rings. The van der Waals surface area contributed by atoms with E-state index in [1.165, 1.54) is 23.3 Å². The number of carbonyl (C=O) groups is 2. The minimum Gasteiger partial charge on any atom is -0.459 e. The molecule has 0 fully saturated rings. The fourth-order valence-corrected chi connectivity index (χ4v) is 3.70. The molecule has 0 saturated heterocycles. The van der Waals surface area contributed by atoms with Crippen LogP contribution >= 0.6 is 0 Å². The molecule has 0 N–H and O–H groups in total. The third-order valence-electron chi connectivity index (χ3n) is 5.47. The van der Waals surface area contributed by atoms with Crippen LogP contribution in [0.3, 0.4) is 0 Å². The molecular formula is C24H22FNO4. The molecule has 0 saturated carbocycles. The van der Waals surface area contributed by atoms with Gasteiger partial charge in [-0.15, -0.1) is 0 Å². The van der Waals surface area contributed by atoms with Crippen LogP contribution in [0.2, 0.25) is 0 Å². The van der Waals surface area contributed by atoms with Crippen molar-refractivity contribution < 1.29 is 23.2 Å². The van der Waals surface area contributed by atoms with E-state index in [2.05, 4.69) is 5.16 Å². The van der Waals surface area contributed by atoms with E-state index >= 15 is 0 Å². The molecule has 0 spiro atoms. The fourth-order valence-electron chi connectivity index (χ4n) is 3.70. The Morgan fingerprint density at radius 1 is 1.07 bits per heavy atom. The van der Waals surface area contributed by atoms with Crippen LogP contribution in [-0.2, 0) is 29.0 Å². The Morgan fingerprint density at radius 2 is 1.83 bits per heavy atom. The number of nitrogens with zero attached hydrogens (tertiary/aromatic N) is 1. The Kier molecular flexibility index (Phi) is 5.74. The molecular weight excluding hydrogens is 385 g/mol. The van der Waals surface area contributed by atoms with Gasteiger partial charge < -0.3 is 9.26 Å². The summed E-state index contributed by atoms with van der Waals surface area (Å²) in [6, 6.07) is 11.7. The van der Waals surface area contributed by atoms with Crippen LogP contribution < -0.4 is 0 Å². The summed E-state index contributed by atoms with van der Waals surface area (Å²) in [7, 11) is 0. The molecule has 1 aliphatic carbocycles.